The summed E-state index contributed by atoms with van der Waals surface area (Å²) in [4.78, 5) is 35.9. The van der Waals surface area contributed by atoms with E-state index < -0.39 is 11.8 Å². The smallest absolute Gasteiger partial charge is 0.279 e. The molecule has 3 rings (SSSR count). The molecule has 0 unspecified atom stereocenters. The number of amides is 3. The first-order valence-corrected chi connectivity index (χ1v) is 11.2. The third-order valence-electron chi connectivity index (χ3n) is 4.76. The molecule has 33 heavy (non-hydrogen) atoms. The van der Waals surface area contributed by atoms with Gasteiger partial charge in [0, 0.05) is 12.5 Å². The predicted molar refractivity (Wildman–Crippen MR) is 129 cm³/mol. The lowest BCUT2D eigenvalue weighted by Crippen LogP contribution is -2.41. The summed E-state index contributed by atoms with van der Waals surface area (Å²) in [6.45, 7) is 8.26. The van der Waals surface area contributed by atoms with Crippen molar-refractivity contribution in [1.82, 2.24) is 10.9 Å². The van der Waals surface area contributed by atoms with Crippen LogP contribution < -0.4 is 20.9 Å². The number of nitrogens with one attached hydrogen (secondary N) is 3. The van der Waals surface area contributed by atoms with E-state index in [0.29, 0.717) is 22.0 Å². The second-order valence-corrected chi connectivity index (χ2v) is 9.60. The maximum Gasteiger partial charge on any atom is 0.279 e. The minimum atomic E-state index is -0.465. The van der Waals surface area contributed by atoms with Crippen molar-refractivity contribution in [2.75, 3.05) is 5.32 Å². The average molecular weight is 466 g/mol. The van der Waals surface area contributed by atoms with Crippen molar-refractivity contribution >= 4 is 34.1 Å². The molecule has 0 saturated heterocycles. The van der Waals surface area contributed by atoms with Crippen molar-refractivity contribution < 1.29 is 19.1 Å². The number of hydrogen-bond donors (Lipinski definition) is 3. The molecule has 0 radical (unpaired) electrons. The van der Waals surface area contributed by atoms with Gasteiger partial charge in [-0.3, -0.25) is 25.2 Å². The molecule has 0 fully saturated rings. The van der Waals surface area contributed by atoms with E-state index in [1.165, 1.54) is 12.5 Å². The number of anilines is 1. The topological polar surface area (TPSA) is 96.5 Å². The van der Waals surface area contributed by atoms with Gasteiger partial charge in [0.1, 0.15) is 12.4 Å². The Hall–Kier alpha value is -3.65. The Bertz CT molecular complexity index is 1130. The molecule has 0 aliphatic carbocycles. The molecule has 172 valence electrons. The Kier molecular flexibility index (Phi) is 7.50. The maximum absolute atomic E-state index is 12.3. The van der Waals surface area contributed by atoms with Gasteiger partial charge in [-0.25, -0.2) is 0 Å². The Morgan fingerprint density at radius 2 is 1.48 bits per heavy atom. The van der Waals surface area contributed by atoms with E-state index in [1.54, 1.807) is 36.4 Å². The highest BCUT2D eigenvalue weighted by Gasteiger charge is 2.14. The van der Waals surface area contributed by atoms with E-state index in [0.717, 1.165) is 22.6 Å². The average Bonchev–Trinajstić information content (AvgIpc) is 3.23. The quantitative estimate of drug-likeness (QED) is 0.462. The molecule has 2 aromatic carbocycles. The third kappa shape index (κ3) is 6.92. The van der Waals surface area contributed by atoms with Crippen LogP contribution in [0.25, 0.3) is 0 Å². The number of thiophene rings is 1. The lowest BCUT2D eigenvalue weighted by molar-refractivity contribution is -0.114. The normalized spacial score (nSPS) is 10.9. The van der Waals surface area contributed by atoms with Gasteiger partial charge in [0.2, 0.25) is 5.91 Å². The van der Waals surface area contributed by atoms with Crippen LogP contribution in [-0.2, 0) is 16.8 Å². The summed E-state index contributed by atoms with van der Waals surface area (Å²) in [5.74, 6) is -0.341. The number of carbonyl (C=O) groups is 3. The molecule has 7 nitrogen and oxygen atoms in total. The summed E-state index contributed by atoms with van der Waals surface area (Å²) in [5, 5.41) is 3.16. The van der Waals surface area contributed by atoms with Crippen LogP contribution in [0.3, 0.4) is 0 Å². The van der Waals surface area contributed by atoms with Crippen LogP contribution >= 0.6 is 11.3 Å². The zero-order valence-corrected chi connectivity index (χ0v) is 19.8. The van der Waals surface area contributed by atoms with Crippen molar-refractivity contribution in [3.63, 3.8) is 0 Å². The SMILES string of the molecule is CC(=O)Nc1ccc(C(=O)NNC(=O)c2ccc(COc3ccc(C(C)(C)C)cc3)cc2)s1. The molecule has 0 aliphatic heterocycles. The molecule has 0 spiro atoms. The fraction of sp³-hybridized carbons (Fsp3) is 0.240. The van der Waals surface area contributed by atoms with Gasteiger partial charge in [-0.2, -0.15) is 0 Å². The molecular formula is C25H27N3O4S. The number of benzene rings is 2. The second kappa shape index (κ2) is 10.3. The fourth-order valence-electron chi connectivity index (χ4n) is 2.92. The zero-order valence-electron chi connectivity index (χ0n) is 19.0. The van der Waals surface area contributed by atoms with Gasteiger partial charge in [-0.1, -0.05) is 45.0 Å². The fourth-order valence-corrected chi connectivity index (χ4v) is 3.77. The molecule has 3 amide bonds. The number of hydrogen-bond acceptors (Lipinski definition) is 5. The number of carbonyl (C=O) groups excluding carboxylic acids is 3. The molecule has 8 heteroatoms. The van der Waals surface area contributed by atoms with Crippen molar-refractivity contribution in [1.29, 1.82) is 0 Å². The molecule has 0 saturated carbocycles. The lowest BCUT2D eigenvalue weighted by atomic mass is 9.87. The first kappa shape index (κ1) is 24.0. The molecule has 0 aliphatic rings. The predicted octanol–water partition coefficient (Wildman–Crippen LogP) is 4.66. The molecule has 1 aromatic heterocycles. The monoisotopic (exact) mass is 465 g/mol. The van der Waals surface area contributed by atoms with E-state index in [4.69, 9.17) is 4.74 Å². The van der Waals surface area contributed by atoms with E-state index in [9.17, 15) is 14.4 Å². The Balaban J connectivity index is 1.49. The van der Waals surface area contributed by atoms with Crippen molar-refractivity contribution in [2.24, 2.45) is 0 Å². The summed E-state index contributed by atoms with van der Waals surface area (Å²) in [6.07, 6.45) is 0. The molecule has 0 atom stereocenters. The van der Waals surface area contributed by atoms with Gasteiger partial charge < -0.3 is 10.1 Å². The minimum Gasteiger partial charge on any atom is -0.489 e. The molecule has 1 heterocycles. The van der Waals surface area contributed by atoms with Crippen molar-refractivity contribution in [2.45, 2.75) is 39.7 Å². The van der Waals surface area contributed by atoms with Crippen LogP contribution in [0.2, 0.25) is 0 Å². The van der Waals surface area contributed by atoms with Gasteiger partial charge in [-0.05, 0) is 52.9 Å². The largest absolute Gasteiger partial charge is 0.489 e. The Morgan fingerprint density at radius 1 is 0.848 bits per heavy atom. The summed E-state index contributed by atoms with van der Waals surface area (Å²) in [7, 11) is 0. The van der Waals surface area contributed by atoms with E-state index >= 15 is 0 Å². The number of ether oxygens (including phenoxy) is 1. The number of rotatable bonds is 6. The molecule has 3 aromatic rings. The van der Waals surface area contributed by atoms with E-state index in [-0.39, 0.29) is 11.3 Å². The van der Waals surface area contributed by atoms with Gasteiger partial charge >= 0.3 is 0 Å². The summed E-state index contributed by atoms with van der Waals surface area (Å²) >= 11 is 1.11. The van der Waals surface area contributed by atoms with E-state index in [1.807, 2.05) is 12.1 Å². The maximum atomic E-state index is 12.3. The second-order valence-electron chi connectivity index (χ2n) is 8.51. The first-order chi connectivity index (χ1) is 15.6. The molecule has 3 N–H and O–H groups in total. The standard InChI is InChI=1S/C25H27N3O4S/c1-16(29)26-22-14-13-21(33-22)24(31)28-27-23(30)18-7-5-17(6-8-18)15-32-20-11-9-19(10-12-20)25(2,3)4/h5-14H,15H2,1-4H3,(H,26,29)(H,27,30)(H,28,31). The van der Waals surface area contributed by atoms with Crippen LogP contribution in [-0.4, -0.2) is 17.7 Å². The van der Waals surface area contributed by atoms with Crippen molar-refractivity contribution in [3.05, 3.63) is 82.2 Å². The minimum absolute atomic E-state index is 0.0911. The third-order valence-corrected chi connectivity index (χ3v) is 5.76. The van der Waals surface area contributed by atoms with Crippen LogP contribution in [0, 0.1) is 0 Å². The molecule has 0 bridgehead atoms. The highest BCUT2D eigenvalue weighted by atomic mass is 32.1. The summed E-state index contributed by atoms with van der Waals surface area (Å²) < 4.78 is 5.83. The highest BCUT2D eigenvalue weighted by molar-refractivity contribution is 7.18. The number of hydrazine groups is 1. The lowest BCUT2D eigenvalue weighted by Gasteiger charge is -2.19. The first-order valence-electron chi connectivity index (χ1n) is 10.4. The van der Waals surface area contributed by atoms with Crippen LogP contribution in [0.15, 0.2) is 60.7 Å². The van der Waals surface area contributed by atoms with Crippen LogP contribution in [0.1, 0.15) is 58.9 Å². The van der Waals surface area contributed by atoms with E-state index in [2.05, 4.69) is 49.1 Å². The Labute approximate surface area is 197 Å². The van der Waals surface area contributed by atoms with Gasteiger partial charge in [0.15, 0.2) is 0 Å². The summed E-state index contributed by atoms with van der Waals surface area (Å²) in [6, 6.07) is 18.2. The highest BCUT2D eigenvalue weighted by Crippen LogP contribution is 2.25. The zero-order chi connectivity index (χ0) is 24.0. The van der Waals surface area contributed by atoms with Gasteiger partial charge in [-0.15, -0.1) is 11.3 Å². The summed E-state index contributed by atoms with van der Waals surface area (Å²) in [5.41, 5.74) is 7.42. The van der Waals surface area contributed by atoms with Crippen molar-refractivity contribution in [3.8, 4) is 5.75 Å². The van der Waals surface area contributed by atoms with Crippen LogP contribution in [0.4, 0.5) is 5.00 Å². The van der Waals surface area contributed by atoms with Gasteiger partial charge in [0.05, 0.1) is 9.88 Å². The Morgan fingerprint density at radius 3 is 2.09 bits per heavy atom. The molecular weight excluding hydrogens is 438 g/mol. The van der Waals surface area contributed by atoms with Gasteiger partial charge in [0.25, 0.3) is 11.8 Å². The van der Waals surface area contributed by atoms with Crippen LogP contribution in [0.5, 0.6) is 5.75 Å².